The van der Waals surface area contributed by atoms with E-state index in [4.69, 9.17) is 4.52 Å². The van der Waals surface area contributed by atoms with Crippen molar-refractivity contribution in [1.29, 1.82) is 0 Å². The number of nitrogens with zero attached hydrogens (tertiary/aromatic N) is 5. The van der Waals surface area contributed by atoms with Crippen LogP contribution in [0.3, 0.4) is 0 Å². The van der Waals surface area contributed by atoms with Gasteiger partial charge in [-0.25, -0.2) is 9.97 Å². The van der Waals surface area contributed by atoms with E-state index in [9.17, 15) is 13.2 Å². The van der Waals surface area contributed by atoms with E-state index in [2.05, 4.69) is 30.3 Å². The zero-order valence-corrected chi connectivity index (χ0v) is 13.0. The summed E-state index contributed by atoms with van der Waals surface area (Å²) in [6.45, 7) is 3.78. The molecule has 1 aliphatic heterocycles. The first-order valence-electron chi connectivity index (χ1n) is 7.58. The number of anilines is 1. The molecule has 0 aliphatic carbocycles. The summed E-state index contributed by atoms with van der Waals surface area (Å²) in [5.74, 6) is 1.10. The van der Waals surface area contributed by atoms with Gasteiger partial charge in [-0.1, -0.05) is 5.16 Å². The van der Waals surface area contributed by atoms with Gasteiger partial charge in [-0.3, -0.25) is 4.90 Å². The highest BCUT2D eigenvalue weighted by Gasteiger charge is 2.33. The van der Waals surface area contributed by atoms with E-state index in [0.717, 1.165) is 31.6 Å². The van der Waals surface area contributed by atoms with Gasteiger partial charge in [0, 0.05) is 25.7 Å². The van der Waals surface area contributed by atoms with Gasteiger partial charge in [0.15, 0.2) is 5.82 Å². The van der Waals surface area contributed by atoms with Crippen LogP contribution < -0.4 is 5.32 Å². The topological polar surface area (TPSA) is 80.0 Å². The summed E-state index contributed by atoms with van der Waals surface area (Å²) in [5, 5.41) is 6.85. The standard InChI is InChI=1S/C14H17F3N6O/c1-9-19-12(22-24-9)8-23-6-2-3-10(7-23)20-13-18-5-4-11(21-13)14(15,16)17/h4-5,10H,2-3,6-8H2,1H3,(H,18,20,21)/t10-/m1/s1. The van der Waals surface area contributed by atoms with E-state index in [1.807, 2.05) is 0 Å². The average molecular weight is 342 g/mol. The Balaban J connectivity index is 1.61. The third-order valence-electron chi connectivity index (χ3n) is 3.72. The predicted octanol–water partition coefficient (Wildman–Crippen LogP) is 2.26. The van der Waals surface area contributed by atoms with Crippen LogP contribution in [0.25, 0.3) is 0 Å². The van der Waals surface area contributed by atoms with Crippen LogP contribution >= 0.6 is 0 Å². The number of nitrogens with one attached hydrogen (secondary N) is 1. The number of halogens is 3. The Labute approximate surface area is 136 Å². The van der Waals surface area contributed by atoms with Crippen LogP contribution in [0, 0.1) is 6.92 Å². The van der Waals surface area contributed by atoms with Gasteiger partial charge in [-0.15, -0.1) is 0 Å². The number of aromatic nitrogens is 4. The van der Waals surface area contributed by atoms with E-state index >= 15 is 0 Å². The van der Waals surface area contributed by atoms with Gasteiger partial charge < -0.3 is 9.84 Å². The van der Waals surface area contributed by atoms with Crippen molar-refractivity contribution < 1.29 is 17.7 Å². The third kappa shape index (κ3) is 4.19. The highest BCUT2D eigenvalue weighted by molar-refractivity contribution is 5.28. The normalized spacial score (nSPS) is 19.4. The van der Waals surface area contributed by atoms with Gasteiger partial charge in [0.1, 0.15) is 5.69 Å². The van der Waals surface area contributed by atoms with E-state index in [-0.39, 0.29) is 12.0 Å². The number of piperidine rings is 1. The van der Waals surface area contributed by atoms with E-state index in [0.29, 0.717) is 24.8 Å². The zero-order valence-electron chi connectivity index (χ0n) is 13.0. The summed E-state index contributed by atoms with van der Waals surface area (Å²) in [5.41, 5.74) is -0.949. The molecule has 130 valence electrons. The predicted molar refractivity (Wildman–Crippen MR) is 78.0 cm³/mol. The molecule has 10 heteroatoms. The molecule has 3 rings (SSSR count). The van der Waals surface area contributed by atoms with Gasteiger partial charge in [0.2, 0.25) is 11.8 Å². The molecule has 2 aromatic rings. The minimum Gasteiger partial charge on any atom is -0.350 e. The van der Waals surface area contributed by atoms with Gasteiger partial charge in [0.05, 0.1) is 6.54 Å². The molecular weight excluding hydrogens is 325 g/mol. The van der Waals surface area contributed by atoms with E-state index in [1.54, 1.807) is 6.92 Å². The van der Waals surface area contributed by atoms with Crippen LogP contribution in [0.1, 0.15) is 30.3 Å². The molecule has 1 aliphatic rings. The second-order valence-electron chi connectivity index (χ2n) is 5.71. The quantitative estimate of drug-likeness (QED) is 0.913. The number of aryl methyl sites for hydroxylation is 1. The molecule has 1 fully saturated rings. The Morgan fingerprint density at radius 1 is 1.38 bits per heavy atom. The monoisotopic (exact) mass is 342 g/mol. The Hall–Kier alpha value is -2.23. The van der Waals surface area contributed by atoms with Crippen molar-refractivity contribution in [3.05, 3.63) is 29.7 Å². The van der Waals surface area contributed by atoms with E-state index < -0.39 is 11.9 Å². The first kappa shape index (κ1) is 16.6. The van der Waals surface area contributed by atoms with E-state index in [1.165, 1.54) is 0 Å². The second kappa shape index (κ2) is 6.71. The molecule has 0 radical (unpaired) electrons. The van der Waals surface area contributed by atoms with Gasteiger partial charge in [0.25, 0.3) is 0 Å². The largest absolute Gasteiger partial charge is 0.433 e. The maximum absolute atomic E-state index is 12.7. The molecule has 1 atom stereocenters. The molecule has 0 spiro atoms. The first-order chi connectivity index (χ1) is 11.4. The number of alkyl halides is 3. The number of hydrogen-bond acceptors (Lipinski definition) is 7. The lowest BCUT2D eigenvalue weighted by Gasteiger charge is -2.32. The fourth-order valence-corrected chi connectivity index (χ4v) is 2.69. The van der Waals surface area contributed by atoms with Crippen molar-refractivity contribution in [2.45, 2.75) is 38.5 Å². The molecule has 1 N–H and O–H groups in total. The fraction of sp³-hybridized carbons (Fsp3) is 0.571. The van der Waals surface area contributed by atoms with Crippen LogP contribution in [0.15, 0.2) is 16.8 Å². The minimum atomic E-state index is -4.48. The molecule has 3 heterocycles. The van der Waals surface area contributed by atoms with Gasteiger partial charge in [-0.05, 0) is 25.5 Å². The molecule has 24 heavy (non-hydrogen) atoms. The minimum absolute atomic E-state index is 0.00733. The zero-order chi connectivity index (χ0) is 17.2. The summed E-state index contributed by atoms with van der Waals surface area (Å²) >= 11 is 0. The van der Waals surface area contributed by atoms with Crippen molar-refractivity contribution >= 4 is 5.95 Å². The molecule has 2 aromatic heterocycles. The highest BCUT2D eigenvalue weighted by atomic mass is 19.4. The highest BCUT2D eigenvalue weighted by Crippen LogP contribution is 2.27. The molecule has 7 nitrogen and oxygen atoms in total. The SMILES string of the molecule is Cc1nc(CN2CCC[C@@H](Nc3nccc(C(F)(F)F)n3)C2)no1. The van der Waals surface area contributed by atoms with Crippen molar-refractivity contribution in [2.75, 3.05) is 18.4 Å². The van der Waals surface area contributed by atoms with Crippen LogP contribution in [-0.2, 0) is 12.7 Å². The summed E-state index contributed by atoms with van der Waals surface area (Å²) < 4.78 is 43.1. The first-order valence-corrected chi connectivity index (χ1v) is 7.58. The molecule has 0 unspecified atom stereocenters. The summed E-state index contributed by atoms with van der Waals surface area (Å²) in [4.78, 5) is 13.7. The average Bonchev–Trinajstić information content (AvgIpc) is 2.92. The van der Waals surface area contributed by atoms with Crippen molar-refractivity contribution in [3.63, 3.8) is 0 Å². The third-order valence-corrected chi connectivity index (χ3v) is 3.72. The number of likely N-dealkylation sites (tertiary alicyclic amines) is 1. The van der Waals surface area contributed by atoms with Crippen molar-refractivity contribution in [2.24, 2.45) is 0 Å². The number of hydrogen-bond donors (Lipinski definition) is 1. The van der Waals surface area contributed by atoms with Crippen molar-refractivity contribution in [3.8, 4) is 0 Å². The molecule has 0 saturated carbocycles. The van der Waals surface area contributed by atoms with Gasteiger partial charge >= 0.3 is 6.18 Å². The molecule has 0 aromatic carbocycles. The van der Waals surface area contributed by atoms with Crippen LogP contribution in [0.2, 0.25) is 0 Å². The Bertz CT molecular complexity index is 689. The maximum atomic E-state index is 12.7. The maximum Gasteiger partial charge on any atom is 0.433 e. The lowest BCUT2D eigenvalue weighted by atomic mass is 10.1. The van der Waals surface area contributed by atoms with Crippen LogP contribution in [0.4, 0.5) is 19.1 Å². The summed E-state index contributed by atoms with van der Waals surface area (Å²) in [6, 6.07) is 0.826. The lowest BCUT2D eigenvalue weighted by molar-refractivity contribution is -0.141. The van der Waals surface area contributed by atoms with Crippen LogP contribution in [0.5, 0.6) is 0 Å². The molecule has 1 saturated heterocycles. The van der Waals surface area contributed by atoms with Gasteiger partial charge in [-0.2, -0.15) is 18.2 Å². The fourth-order valence-electron chi connectivity index (χ4n) is 2.69. The van der Waals surface area contributed by atoms with Crippen molar-refractivity contribution in [1.82, 2.24) is 25.0 Å². The molecular formula is C14H17F3N6O. The van der Waals surface area contributed by atoms with Crippen LogP contribution in [-0.4, -0.2) is 44.1 Å². The second-order valence-corrected chi connectivity index (χ2v) is 5.71. The summed E-state index contributed by atoms with van der Waals surface area (Å²) in [6.07, 6.45) is -1.62. The lowest BCUT2D eigenvalue weighted by Crippen LogP contribution is -2.42. The molecule has 0 bridgehead atoms. The summed E-state index contributed by atoms with van der Waals surface area (Å²) in [7, 11) is 0. The Morgan fingerprint density at radius 3 is 2.92 bits per heavy atom. The molecule has 0 amide bonds. The Kier molecular flexibility index (Phi) is 4.65. The Morgan fingerprint density at radius 2 is 2.21 bits per heavy atom. The number of rotatable bonds is 4. The smallest absolute Gasteiger partial charge is 0.350 e.